The molecular weight excluding hydrogens is 308 g/mol. The van der Waals surface area contributed by atoms with E-state index in [9.17, 15) is 0 Å². The third kappa shape index (κ3) is 2.90. The molecule has 0 unspecified atom stereocenters. The predicted molar refractivity (Wildman–Crippen MR) is 89.8 cm³/mol. The fourth-order valence-electron chi connectivity index (χ4n) is 2.73. The van der Waals surface area contributed by atoms with Gasteiger partial charge in [-0.25, -0.2) is 15.0 Å². The van der Waals surface area contributed by atoms with Crippen LogP contribution in [-0.2, 0) is 19.6 Å². The first-order valence-corrected chi connectivity index (χ1v) is 8.37. The number of ether oxygens (including phenoxy) is 1. The summed E-state index contributed by atoms with van der Waals surface area (Å²) in [6.07, 6.45) is 2.59. The van der Waals surface area contributed by atoms with Crippen LogP contribution in [0.1, 0.15) is 27.7 Å². The van der Waals surface area contributed by atoms with Crippen LogP contribution in [0.3, 0.4) is 0 Å². The Balaban J connectivity index is 1.69. The highest BCUT2D eigenvalue weighted by atomic mass is 32.1. The van der Waals surface area contributed by atoms with Crippen LogP contribution >= 0.6 is 11.3 Å². The number of aryl methyl sites for hydroxylation is 1. The van der Waals surface area contributed by atoms with E-state index >= 15 is 0 Å². The fourth-order valence-corrected chi connectivity index (χ4v) is 3.29. The molecule has 2 aromatic heterocycles. The van der Waals surface area contributed by atoms with Crippen LogP contribution in [0.5, 0.6) is 5.75 Å². The molecule has 0 saturated carbocycles. The summed E-state index contributed by atoms with van der Waals surface area (Å²) in [5, 5.41) is 6.44. The molecule has 0 radical (unpaired) electrons. The molecule has 0 saturated heterocycles. The van der Waals surface area contributed by atoms with Crippen LogP contribution in [-0.4, -0.2) is 15.0 Å². The summed E-state index contributed by atoms with van der Waals surface area (Å²) < 4.78 is 5.91. The molecule has 6 heteroatoms. The second kappa shape index (κ2) is 5.96. The molecule has 1 aromatic carbocycles. The molecule has 0 spiro atoms. The van der Waals surface area contributed by atoms with Crippen molar-refractivity contribution in [3.8, 4) is 5.75 Å². The molecule has 1 aliphatic rings. The van der Waals surface area contributed by atoms with Crippen molar-refractivity contribution in [2.24, 2.45) is 0 Å². The monoisotopic (exact) mass is 324 g/mol. The van der Waals surface area contributed by atoms with Gasteiger partial charge in [0.1, 0.15) is 29.0 Å². The minimum absolute atomic E-state index is 0.474. The van der Waals surface area contributed by atoms with E-state index in [1.807, 2.05) is 36.7 Å². The van der Waals surface area contributed by atoms with Gasteiger partial charge in [0.05, 0.1) is 12.2 Å². The molecule has 0 atom stereocenters. The second-order valence-corrected chi connectivity index (χ2v) is 6.38. The number of fused-ring (bicyclic) bond motifs is 2. The maximum absolute atomic E-state index is 5.91. The van der Waals surface area contributed by atoms with Gasteiger partial charge in [0.15, 0.2) is 0 Å². The molecule has 116 valence electrons. The van der Waals surface area contributed by atoms with Crippen LogP contribution in [0.15, 0.2) is 35.8 Å². The Morgan fingerprint density at radius 3 is 3.04 bits per heavy atom. The lowest BCUT2D eigenvalue weighted by molar-refractivity contribution is 0.302. The zero-order valence-corrected chi connectivity index (χ0v) is 13.6. The molecule has 0 fully saturated rings. The third-order valence-corrected chi connectivity index (χ3v) is 4.58. The number of para-hydroxylation sites is 1. The highest BCUT2D eigenvalue weighted by Crippen LogP contribution is 2.30. The molecule has 0 amide bonds. The molecule has 0 bridgehead atoms. The van der Waals surface area contributed by atoms with Crippen molar-refractivity contribution in [2.45, 2.75) is 26.5 Å². The van der Waals surface area contributed by atoms with Gasteiger partial charge in [-0.2, -0.15) is 0 Å². The average Bonchev–Trinajstić information content (AvgIpc) is 3.00. The van der Waals surface area contributed by atoms with Gasteiger partial charge >= 0.3 is 0 Å². The van der Waals surface area contributed by atoms with E-state index in [4.69, 9.17) is 4.74 Å². The van der Waals surface area contributed by atoms with Crippen molar-refractivity contribution >= 4 is 17.2 Å². The first-order valence-electron chi connectivity index (χ1n) is 7.49. The number of rotatable bonds is 3. The van der Waals surface area contributed by atoms with E-state index < -0.39 is 0 Å². The van der Waals surface area contributed by atoms with Crippen molar-refractivity contribution in [3.05, 3.63) is 63.5 Å². The Kier molecular flexibility index (Phi) is 3.67. The Labute approximate surface area is 138 Å². The second-order valence-electron chi connectivity index (χ2n) is 5.40. The Hall–Kier alpha value is -2.47. The van der Waals surface area contributed by atoms with Crippen molar-refractivity contribution < 1.29 is 4.74 Å². The van der Waals surface area contributed by atoms with Gasteiger partial charge in [-0.15, -0.1) is 11.3 Å². The molecule has 1 aliphatic heterocycles. The molecule has 3 heterocycles. The van der Waals surface area contributed by atoms with Gasteiger partial charge in [-0.3, -0.25) is 0 Å². The topological polar surface area (TPSA) is 59.9 Å². The van der Waals surface area contributed by atoms with Gasteiger partial charge in [0.25, 0.3) is 0 Å². The zero-order valence-electron chi connectivity index (χ0n) is 12.7. The number of nitrogens with one attached hydrogen (secondary N) is 1. The summed E-state index contributed by atoms with van der Waals surface area (Å²) in [5.41, 5.74) is 3.23. The highest BCUT2D eigenvalue weighted by Gasteiger charge is 2.19. The Morgan fingerprint density at radius 2 is 2.17 bits per heavy atom. The number of hydrogen-bond donors (Lipinski definition) is 1. The molecule has 3 aromatic rings. The van der Waals surface area contributed by atoms with Crippen LogP contribution in [0, 0.1) is 6.92 Å². The molecular formula is C17H16N4OS. The van der Waals surface area contributed by atoms with E-state index in [1.54, 1.807) is 11.3 Å². The first kappa shape index (κ1) is 14.1. The molecule has 1 N–H and O–H groups in total. The van der Waals surface area contributed by atoms with Crippen LogP contribution in [0.25, 0.3) is 0 Å². The normalized spacial score (nSPS) is 12.7. The number of nitrogens with zero attached hydrogens (tertiary/aromatic N) is 3. The third-order valence-electron chi connectivity index (χ3n) is 3.80. The van der Waals surface area contributed by atoms with Gasteiger partial charge < -0.3 is 10.1 Å². The fraction of sp³-hybridized carbons (Fsp3) is 0.235. The summed E-state index contributed by atoms with van der Waals surface area (Å²) in [7, 11) is 0. The van der Waals surface area contributed by atoms with Gasteiger partial charge in [0, 0.05) is 23.6 Å². The first-order chi connectivity index (χ1) is 11.3. The van der Waals surface area contributed by atoms with E-state index in [-0.39, 0.29) is 0 Å². The summed E-state index contributed by atoms with van der Waals surface area (Å²) in [6.45, 7) is 3.05. The van der Waals surface area contributed by atoms with Crippen LogP contribution in [0.2, 0.25) is 0 Å². The van der Waals surface area contributed by atoms with Crippen LogP contribution in [0.4, 0.5) is 5.82 Å². The largest absolute Gasteiger partial charge is 0.487 e. The number of aromatic nitrogens is 3. The molecule has 5 nitrogen and oxygen atoms in total. The lowest BCUT2D eigenvalue weighted by Crippen LogP contribution is -2.10. The van der Waals surface area contributed by atoms with Crippen molar-refractivity contribution in [1.82, 2.24) is 15.0 Å². The van der Waals surface area contributed by atoms with Gasteiger partial charge in [-0.1, -0.05) is 18.2 Å². The molecule has 23 heavy (non-hydrogen) atoms. The SMILES string of the molecule is Cc1nc2c(c(NCc3nccs3)n1)Cc1ccccc1OC2. The van der Waals surface area contributed by atoms with Crippen molar-refractivity contribution in [1.29, 1.82) is 0 Å². The summed E-state index contributed by atoms with van der Waals surface area (Å²) in [4.78, 5) is 13.5. The van der Waals surface area contributed by atoms with E-state index in [0.29, 0.717) is 13.2 Å². The lowest BCUT2D eigenvalue weighted by Gasteiger charge is -2.12. The lowest BCUT2D eigenvalue weighted by atomic mass is 10.0. The number of benzene rings is 1. The smallest absolute Gasteiger partial charge is 0.133 e. The summed E-state index contributed by atoms with van der Waals surface area (Å²) in [5.74, 6) is 2.55. The van der Waals surface area contributed by atoms with Crippen molar-refractivity contribution in [2.75, 3.05) is 5.32 Å². The minimum Gasteiger partial charge on any atom is -0.487 e. The Bertz CT molecular complexity index is 833. The summed E-state index contributed by atoms with van der Waals surface area (Å²) in [6, 6.07) is 8.12. The van der Waals surface area contributed by atoms with E-state index in [2.05, 4.69) is 26.3 Å². The van der Waals surface area contributed by atoms with E-state index in [0.717, 1.165) is 45.6 Å². The standard InChI is InChI=1S/C17H16N4OS/c1-11-20-14-10-22-15-5-3-2-4-12(15)8-13(14)17(21-11)19-9-16-18-6-7-23-16/h2-7H,8-10H2,1H3,(H,19,20,21). The maximum atomic E-state index is 5.91. The summed E-state index contributed by atoms with van der Waals surface area (Å²) >= 11 is 1.63. The minimum atomic E-state index is 0.474. The predicted octanol–water partition coefficient (Wildman–Crippen LogP) is 3.34. The van der Waals surface area contributed by atoms with Gasteiger partial charge in [-0.05, 0) is 18.6 Å². The number of anilines is 1. The van der Waals surface area contributed by atoms with Crippen LogP contribution < -0.4 is 10.1 Å². The quantitative estimate of drug-likeness (QED) is 0.801. The molecule has 4 rings (SSSR count). The van der Waals surface area contributed by atoms with E-state index in [1.165, 1.54) is 0 Å². The average molecular weight is 324 g/mol. The molecule has 0 aliphatic carbocycles. The highest BCUT2D eigenvalue weighted by molar-refractivity contribution is 7.09. The van der Waals surface area contributed by atoms with Crippen molar-refractivity contribution in [3.63, 3.8) is 0 Å². The number of thiazole rings is 1. The zero-order chi connectivity index (χ0) is 15.6. The maximum Gasteiger partial charge on any atom is 0.133 e. The van der Waals surface area contributed by atoms with Gasteiger partial charge in [0.2, 0.25) is 0 Å². The number of hydrogen-bond acceptors (Lipinski definition) is 6. The Morgan fingerprint density at radius 1 is 1.26 bits per heavy atom.